The van der Waals surface area contributed by atoms with Crippen LogP contribution < -0.4 is 0 Å². The summed E-state index contributed by atoms with van der Waals surface area (Å²) in [7, 11) is 0. The van der Waals surface area contributed by atoms with Gasteiger partial charge in [-0.3, -0.25) is 4.90 Å². The van der Waals surface area contributed by atoms with E-state index in [4.69, 9.17) is 5.11 Å². The Kier molecular flexibility index (Phi) is 4.57. The first kappa shape index (κ1) is 12.6. The zero-order chi connectivity index (χ0) is 12.1. The van der Waals surface area contributed by atoms with Crippen LogP contribution in [0.2, 0.25) is 0 Å². The predicted octanol–water partition coefficient (Wildman–Crippen LogP) is 2.73. The second-order valence-electron chi connectivity index (χ2n) is 5.06. The zero-order valence-corrected chi connectivity index (χ0v) is 10.7. The summed E-state index contributed by atoms with van der Waals surface area (Å²) in [6.45, 7) is 4.71. The molecule has 0 spiro atoms. The molecule has 0 amide bonds. The molecule has 17 heavy (non-hydrogen) atoms. The molecular formula is C15H23NO. The summed E-state index contributed by atoms with van der Waals surface area (Å²) in [4.78, 5) is 2.54. The summed E-state index contributed by atoms with van der Waals surface area (Å²) in [6.07, 6.45) is 4.78. The molecule has 1 aromatic rings. The number of benzene rings is 1. The molecule has 1 aromatic carbocycles. The minimum Gasteiger partial charge on any atom is -0.396 e. The minimum absolute atomic E-state index is 0.314. The van der Waals surface area contributed by atoms with Crippen molar-refractivity contribution in [3.8, 4) is 0 Å². The van der Waals surface area contributed by atoms with Crippen LogP contribution in [0.15, 0.2) is 24.3 Å². The topological polar surface area (TPSA) is 23.5 Å². The Morgan fingerprint density at radius 1 is 1.29 bits per heavy atom. The third-order valence-corrected chi connectivity index (χ3v) is 3.85. The van der Waals surface area contributed by atoms with Crippen LogP contribution in [0, 0.1) is 6.92 Å². The highest BCUT2D eigenvalue weighted by Gasteiger charge is 2.21. The summed E-state index contributed by atoms with van der Waals surface area (Å²) < 4.78 is 0. The van der Waals surface area contributed by atoms with Crippen LogP contribution in [0.4, 0.5) is 0 Å². The van der Waals surface area contributed by atoms with Gasteiger partial charge in [0.25, 0.3) is 0 Å². The highest BCUT2D eigenvalue weighted by Crippen LogP contribution is 2.22. The molecule has 94 valence electrons. The van der Waals surface area contributed by atoms with Crippen LogP contribution in [-0.4, -0.2) is 29.2 Å². The first-order chi connectivity index (χ1) is 8.31. The van der Waals surface area contributed by atoms with E-state index in [1.54, 1.807) is 0 Å². The van der Waals surface area contributed by atoms with Gasteiger partial charge in [-0.25, -0.2) is 0 Å². The SMILES string of the molecule is Cc1ccccc1CN1CCCC[C@@H]1CCO. The zero-order valence-electron chi connectivity index (χ0n) is 10.7. The van der Waals surface area contributed by atoms with Crippen molar-refractivity contribution in [2.75, 3.05) is 13.2 Å². The van der Waals surface area contributed by atoms with Gasteiger partial charge in [0, 0.05) is 19.2 Å². The smallest absolute Gasteiger partial charge is 0.0445 e. The number of hydrogen-bond acceptors (Lipinski definition) is 2. The van der Waals surface area contributed by atoms with E-state index in [0.717, 1.165) is 13.0 Å². The normalized spacial score (nSPS) is 21.6. The van der Waals surface area contributed by atoms with Crippen molar-refractivity contribution >= 4 is 0 Å². The second-order valence-corrected chi connectivity index (χ2v) is 5.06. The monoisotopic (exact) mass is 233 g/mol. The quantitative estimate of drug-likeness (QED) is 0.864. The van der Waals surface area contributed by atoms with Gasteiger partial charge in [0.1, 0.15) is 0 Å². The molecule has 2 nitrogen and oxygen atoms in total. The molecule has 0 bridgehead atoms. The molecule has 0 unspecified atom stereocenters. The number of nitrogens with zero attached hydrogens (tertiary/aromatic N) is 1. The number of rotatable bonds is 4. The maximum atomic E-state index is 9.13. The fourth-order valence-electron chi connectivity index (χ4n) is 2.75. The largest absolute Gasteiger partial charge is 0.396 e. The summed E-state index contributed by atoms with van der Waals surface area (Å²) in [5, 5.41) is 9.13. The lowest BCUT2D eigenvalue weighted by Gasteiger charge is -2.35. The third-order valence-electron chi connectivity index (χ3n) is 3.85. The Balaban J connectivity index is 2.03. The second kappa shape index (κ2) is 6.18. The molecule has 1 heterocycles. The van der Waals surface area contributed by atoms with Crippen molar-refractivity contribution in [1.29, 1.82) is 0 Å². The molecule has 0 aliphatic carbocycles. The highest BCUT2D eigenvalue weighted by atomic mass is 16.3. The lowest BCUT2D eigenvalue weighted by atomic mass is 9.98. The number of aryl methyl sites for hydroxylation is 1. The van der Waals surface area contributed by atoms with Gasteiger partial charge in [0.2, 0.25) is 0 Å². The first-order valence-corrected chi connectivity index (χ1v) is 6.70. The molecule has 2 rings (SSSR count). The van der Waals surface area contributed by atoms with Crippen LogP contribution >= 0.6 is 0 Å². The standard InChI is InChI=1S/C15H23NO/c1-13-6-2-3-7-14(13)12-16-10-5-4-8-15(16)9-11-17/h2-3,6-7,15,17H,4-5,8-12H2,1H3/t15-/m1/s1. The Morgan fingerprint density at radius 2 is 2.12 bits per heavy atom. The predicted molar refractivity (Wildman–Crippen MR) is 70.9 cm³/mol. The maximum Gasteiger partial charge on any atom is 0.0445 e. The Morgan fingerprint density at radius 3 is 2.88 bits per heavy atom. The fourth-order valence-corrected chi connectivity index (χ4v) is 2.75. The number of aliphatic hydroxyl groups is 1. The first-order valence-electron chi connectivity index (χ1n) is 6.70. The maximum absolute atomic E-state index is 9.13. The van der Waals surface area contributed by atoms with Gasteiger partial charge in [-0.2, -0.15) is 0 Å². The van der Waals surface area contributed by atoms with E-state index in [0.29, 0.717) is 12.6 Å². The molecule has 1 aliphatic rings. The van der Waals surface area contributed by atoms with Crippen molar-refractivity contribution < 1.29 is 5.11 Å². The van der Waals surface area contributed by atoms with Crippen LogP contribution in [0.5, 0.6) is 0 Å². The number of hydrogen-bond donors (Lipinski definition) is 1. The molecular weight excluding hydrogens is 210 g/mol. The van der Waals surface area contributed by atoms with Crippen molar-refractivity contribution in [2.24, 2.45) is 0 Å². The van der Waals surface area contributed by atoms with Crippen LogP contribution in [-0.2, 0) is 6.54 Å². The summed E-state index contributed by atoms with van der Waals surface area (Å²) in [5.74, 6) is 0. The van der Waals surface area contributed by atoms with Crippen LogP contribution in [0.25, 0.3) is 0 Å². The van der Waals surface area contributed by atoms with E-state index in [1.165, 1.54) is 36.9 Å². The number of piperidine rings is 1. The summed E-state index contributed by atoms with van der Waals surface area (Å²) in [6, 6.07) is 9.20. The van der Waals surface area contributed by atoms with Crippen molar-refractivity contribution in [3.63, 3.8) is 0 Å². The lowest BCUT2D eigenvalue weighted by Crippen LogP contribution is -2.39. The van der Waals surface area contributed by atoms with Gasteiger partial charge in [-0.1, -0.05) is 30.7 Å². The summed E-state index contributed by atoms with van der Waals surface area (Å²) in [5.41, 5.74) is 2.80. The van der Waals surface area contributed by atoms with E-state index in [-0.39, 0.29) is 0 Å². The van der Waals surface area contributed by atoms with E-state index >= 15 is 0 Å². The minimum atomic E-state index is 0.314. The molecule has 2 heteroatoms. The van der Waals surface area contributed by atoms with Crippen molar-refractivity contribution in [3.05, 3.63) is 35.4 Å². The Hall–Kier alpha value is -0.860. The van der Waals surface area contributed by atoms with Gasteiger partial charge in [0.15, 0.2) is 0 Å². The Labute approximate surface area is 104 Å². The van der Waals surface area contributed by atoms with Gasteiger partial charge in [-0.05, 0) is 43.9 Å². The molecule has 1 N–H and O–H groups in total. The van der Waals surface area contributed by atoms with Crippen molar-refractivity contribution in [1.82, 2.24) is 4.90 Å². The van der Waals surface area contributed by atoms with Crippen molar-refractivity contribution in [2.45, 2.75) is 45.2 Å². The Bertz CT molecular complexity index is 349. The lowest BCUT2D eigenvalue weighted by molar-refractivity contribution is 0.112. The van der Waals surface area contributed by atoms with E-state index in [9.17, 15) is 0 Å². The molecule has 1 saturated heterocycles. The van der Waals surface area contributed by atoms with Crippen LogP contribution in [0.1, 0.15) is 36.8 Å². The molecule has 0 aromatic heterocycles. The van der Waals surface area contributed by atoms with Gasteiger partial charge in [0.05, 0.1) is 0 Å². The van der Waals surface area contributed by atoms with Crippen LogP contribution in [0.3, 0.4) is 0 Å². The number of likely N-dealkylation sites (tertiary alicyclic amines) is 1. The average molecular weight is 233 g/mol. The van der Waals surface area contributed by atoms with E-state index < -0.39 is 0 Å². The molecule has 1 atom stereocenters. The molecule has 0 radical (unpaired) electrons. The van der Waals surface area contributed by atoms with Gasteiger partial charge < -0.3 is 5.11 Å². The molecule has 1 aliphatic heterocycles. The fraction of sp³-hybridized carbons (Fsp3) is 0.600. The van der Waals surface area contributed by atoms with E-state index in [1.807, 2.05) is 0 Å². The van der Waals surface area contributed by atoms with E-state index in [2.05, 4.69) is 36.1 Å². The number of aliphatic hydroxyl groups excluding tert-OH is 1. The summed E-state index contributed by atoms with van der Waals surface area (Å²) >= 11 is 0. The molecule has 1 fully saturated rings. The van der Waals surface area contributed by atoms with Gasteiger partial charge in [-0.15, -0.1) is 0 Å². The van der Waals surface area contributed by atoms with Gasteiger partial charge >= 0.3 is 0 Å². The average Bonchev–Trinajstić information content (AvgIpc) is 2.35. The molecule has 0 saturated carbocycles. The third kappa shape index (κ3) is 3.30. The highest BCUT2D eigenvalue weighted by molar-refractivity contribution is 5.25.